The summed E-state index contributed by atoms with van der Waals surface area (Å²) in [5, 5.41) is 0. The van der Waals surface area contributed by atoms with Gasteiger partial charge in [-0.05, 0) is 0 Å². The molecule has 0 aromatic carbocycles. The van der Waals surface area contributed by atoms with Gasteiger partial charge < -0.3 is 0 Å². The first-order chi connectivity index (χ1) is 12.7. The summed E-state index contributed by atoms with van der Waals surface area (Å²) in [7, 11) is -0.955. The Morgan fingerprint density at radius 3 is 0.852 bits per heavy atom. The van der Waals surface area contributed by atoms with Crippen LogP contribution in [-0.2, 0) is 0 Å². The molecule has 0 spiro atoms. The third kappa shape index (κ3) is 21.0. The summed E-state index contributed by atoms with van der Waals surface area (Å²) >= 11 is 0. The van der Waals surface area contributed by atoms with Crippen molar-refractivity contribution in [1.82, 2.24) is 0 Å². The van der Waals surface area contributed by atoms with Crippen molar-refractivity contribution in [2.24, 2.45) is 0 Å². The van der Waals surface area contributed by atoms with E-state index in [1.165, 1.54) is 116 Å². The normalized spacial score (nSPS) is 12.1. The summed E-state index contributed by atoms with van der Waals surface area (Å²) in [5.41, 5.74) is 0. The second-order valence-corrected chi connectivity index (χ2v) is 14.5. The van der Waals surface area contributed by atoms with Gasteiger partial charge in [0.05, 0.1) is 0 Å². The molecule has 0 N–H and O–H groups in total. The Morgan fingerprint density at radius 1 is 0.370 bits per heavy atom. The quantitative estimate of drug-likeness (QED) is 0.132. The fourth-order valence-electron chi connectivity index (χ4n) is 4.37. The maximum atomic E-state index is 2.76. The van der Waals surface area contributed by atoms with Crippen LogP contribution in [0.15, 0.2) is 0 Å². The van der Waals surface area contributed by atoms with E-state index in [1.54, 1.807) is 18.5 Å². The fourth-order valence-corrected chi connectivity index (χ4v) is 8.43. The molecule has 0 atom stereocenters. The molecule has 27 heavy (non-hydrogen) atoms. The van der Waals surface area contributed by atoms with Gasteiger partial charge in [0.2, 0.25) is 0 Å². The predicted molar refractivity (Wildman–Crippen MR) is 136 cm³/mol. The van der Waals surface area contributed by atoms with Crippen LogP contribution in [0, 0.1) is 0 Å². The molecule has 0 heterocycles. The molecule has 0 rings (SSSR count). The second-order valence-electron chi connectivity index (χ2n) is 9.36. The topological polar surface area (TPSA) is 0 Å². The van der Waals surface area contributed by atoms with Crippen LogP contribution in [-0.4, -0.2) is 25.2 Å². The monoisotopic (exact) mass is 402 g/mol. The van der Waals surface area contributed by atoms with E-state index in [0.29, 0.717) is 0 Å². The molecule has 0 aliphatic rings. The summed E-state index contributed by atoms with van der Waals surface area (Å²) in [4.78, 5) is 0. The molecule has 0 nitrogen and oxygen atoms in total. The Morgan fingerprint density at radius 2 is 0.593 bits per heavy atom. The number of hydrogen-bond donors (Lipinski definition) is 0. The van der Waals surface area contributed by atoms with Crippen molar-refractivity contribution in [1.29, 1.82) is 0 Å². The average molecular weight is 403 g/mol. The van der Waals surface area contributed by atoms with Gasteiger partial charge in [-0.25, -0.2) is 0 Å². The van der Waals surface area contributed by atoms with Crippen LogP contribution in [0.5, 0.6) is 0 Å². The van der Waals surface area contributed by atoms with E-state index in [1.807, 2.05) is 0 Å². The summed E-state index contributed by atoms with van der Waals surface area (Å²) in [5.74, 6) is 0. The SMILES string of the molecule is C.CCCCCCCC[PH](C)(CCCCCCCC)CCCCCCCC. The Bertz CT molecular complexity index is 220. The zero-order valence-electron chi connectivity index (χ0n) is 19.3. The van der Waals surface area contributed by atoms with Gasteiger partial charge in [-0.3, -0.25) is 0 Å². The van der Waals surface area contributed by atoms with E-state index >= 15 is 0 Å². The van der Waals surface area contributed by atoms with Crippen molar-refractivity contribution in [3.05, 3.63) is 0 Å². The van der Waals surface area contributed by atoms with E-state index in [0.717, 1.165) is 0 Å². The molecule has 1 heteroatoms. The van der Waals surface area contributed by atoms with Crippen LogP contribution < -0.4 is 0 Å². The molecular formula is C26H59P. The summed E-state index contributed by atoms with van der Waals surface area (Å²) in [6.45, 7) is 9.73. The molecular weight excluding hydrogens is 343 g/mol. The van der Waals surface area contributed by atoms with Crippen LogP contribution >= 0.6 is 7.26 Å². The Kier molecular flexibility index (Phi) is 24.9. The molecule has 0 saturated heterocycles. The van der Waals surface area contributed by atoms with Crippen molar-refractivity contribution >= 4 is 7.26 Å². The van der Waals surface area contributed by atoms with E-state index in [-0.39, 0.29) is 7.43 Å². The van der Waals surface area contributed by atoms with Gasteiger partial charge in [-0.15, -0.1) is 0 Å². The molecule has 168 valence electrons. The summed E-state index contributed by atoms with van der Waals surface area (Å²) in [6.07, 6.45) is 31.4. The van der Waals surface area contributed by atoms with Crippen LogP contribution in [0.25, 0.3) is 0 Å². The zero-order chi connectivity index (χ0) is 19.3. The zero-order valence-corrected chi connectivity index (χ0v) is 20.3. The molecule has 0 radical (unpaired) electrons. The number of hydrogen-bond acceptors (Lipinski definition) is 0. The van der Waals surface area contributed by atoms with Crippen LogP contribution in [0.3, 0.4) is 0 Å². The Hall–Kier alpha value is 0.430. The minimum atomic E-state index is -0.955. The third-order valence-electron chi connectivity index (χ3n) is 6.40. The number of unbranched alkanes of at least 4 members (excludes halogenated alkanes) is 15. The first-order valence-corrected chi connectivity index (χ1v) is 15.8. The Balaban J connectivity index is 0. The summed E-state index contributed by atoms with van der Waals surface area (Å²) < 4.78 is 0. The van der Waals surface area contributed by atoms with Gasteiger partial charge in [-0.1, -0.05) is 7.43 Å². The molecule has 0 fully saturated rings. The van der Waals surface area contributed by atoms with Crippen LogP contribution in [0.4, 0.5) is 0 Å². The second kappa shape index (κ2) is 22.7. The molecule has 0 amide bonds. The third-order valence-corrected chi connectivity index (χ3v) is 11.1. The van der Waals surface area contributed by atoms with Gasteiger partial charge in [0.25, 0.3) is 0 Å². The predicted octanol–water partition coefficient (Wildman–Crippen LogP) is 10.1. The van der Waals surface area contributed by atoms with E-state index < -0.39 is 7.26 Å². The molecule has 0 aliphatic heterocycles. The Labute approximate surface area is 176 Å². The standard InChI is InChI=1S/C25H55P.CH4/c1-5-8-11-14-17-20-23-26(4,24-21-18-15-12-9-6-2)25-22-19-16-13-10-7-3;/h26H,5-25H2,1-4H3;1H4. The number of rotatable bonds is 21. The molecule has 0 unspecified atom stereocenters. The minimum absolute atomic E-state index is 0. The van der Waals surface area contributed by atoms with E-state index in [2.05, 4.69) is 27.4 Å². The molecule has 0 bridgehead atoms. The molecule has 0 aromatic rings. The fraction of sp³-hybridized carbons (Fsp3) is 1.00. The van der Waals surface area contributed by atoms with Gasteiger partial charge in [0, 0.05) is 0 Å². The molecule has 0 aliphatic carbocycles. The van der Waals surface area contributed by atoms with Crippen molar-refractivity contribution in [2.45, 2.75) is 144 Å². The van der Waals surface area contributed by atoms with Gasteiger partial charge >= 0.3 is 169 Å². The van der Waals surface area contributed by atoms with Gasteiger partial charge in [-0.2, -0.15) is 0 Å². The van der Waals surface area contributed by atoms with Crippen molar-refractivity contribution in [3.63, 3.8) is 0 Å². The average Bonchev–Trinajstić information content (AvgIpc) is 2.64. The molecule has 0 aromatic heterocycles. The molecule has 0 saturated carbocycles. The van der Waals surface area contributed by atoms with Crippen LogP contribution in [0.2, 0.25) is 0 Å². The van der Waals surface area contributed by atoms with Crippen molar-refractivity contribution in [3.8, 4) is 0 Å². The van der Waals surface area contributed by atoms with Crippen molar-refractivity contribution in [2.75, 3.05) is 25.2 Å². The van der Waals surface area contributed by atoms with Crippen LogP contribution in [0.1, 0.15) is 144 Å². The maximum absolute atomic E-state index is 2.76. The first-order valence-electron chi connectivity index (χ1n) is 12.7. The van der Waals surface area contributed by atoms with Crippen molar-refractivity contribution < 1.29 is 0 Å². The van der Waals surface area contributed by atoms with E-state index in [9.17, 15) is 0 Å². The van der Waals surface area contributed by atoms with Gasteiger partial charge in [0.15, 0.2) is 0 Å². The van der Waals surface area contributed by atoms with E-state index in [4.69, 9.17) is 0 Å². The first kappa shape index (κ1) is 29.6. The summed E-state index contributed by atoms with van der Waals surface area (Å²) in [6, 6.07) is 0. The van der Waals surface area contributed by atoms with Gasteiger partial charge in [0.1, 0.15) is 0 Å².